The van der Waals surface area contributed by atoms with E-state index >= 15 is 0 Å². The first-order valence-electron chi connectivity index (χ1n) is 4.77. The summed E-state index contributed by atoms with van der Waals surface area (Å²) < 4.78 is 0. The van der Waals surface area contributed by atoms with Gasteiger partial charge in [0, 0.05) is 24.2 Å². The number of para-hydroxylation sites is 1. The van der Waals surface area contributed by atoms with Gasteiger partial charge < -0.3 is 0 Å². The van der Waals surface area contributed by atoms with Crippen LogP contribution in [0.2, 0.25) is 0 Å². The van der Waals surface area contributed by atoms with Crippen molar-refractivity contribution in [2.45, 2.75) is 0 Å². The molecule has 2 heterocycles. The molecule has 72 valence electrons. The molecule has 0 bridgehead atoms. The number of aliphatic imine (C=N–C) groups is 2. The zero-order chi connectivity index (χ0) is 10.1. The summed E-state index contributed by atoms with van der Waals surface area (Å²) in [7, 11) is 0. The topological polar surface area (TPSA) is 28.0 Å². The molecule has 0 spiro atoms. The van der Waals surface area contributed by atoms with Crippen LogP contribution in [0.5, 0.6) is 0 Å². The Hall–Kier alpha value is -2.16. The number of benzene rings is 1. The quantitative estimate of drug-likeness (QED) is 0.624. The molecule has 2 aliphatic rings. The van der Waals surface area contributed by atoms with Crippen molar-refractivity contribution in [2.75, 3.05) is 4.90 Å². The van der Waals surface area contributed by atoms with Crippen LogP contribution in [-0.2, 0) is 0 Å². The van der Waals surface area contributed by atoms with Crippen molar-refractivity contribution in [2.24, 2.45) is 9.98 Å². The smallest absolute Gasteiger partial charge is 0.155 e. The highest BCUT2D eigenvalue weighted by molar-refractivity contribution is 5.91. The second-order valence-electron chi connectivity index (χ2n) is 3.31. The van der Waals surface area contributed by atoms with E-state index in [1.54, 1.807) is 12.4 Å². The first-order valence-corrected chi connectivity index (χ1v) is 4.77. The Morgan fingerprint density at radius 1 is 1.13 bits per heavy atom. The number of fused-ring (bicyclic) bond motifs is 3. The maximum Gasteiger partial charge on any atom is 0.155 e. The minimum atomic E-state index is 0.846. The molecule has 2 aliphatic heterocycles. The van der Waals surface area contributed by atoms with E-state index in [0.717, 1.165) is 17.1 Å². The van der Waals surface area contributed by atoms with Gasteiger partial charge in [-0.1, -0.05) is 18.2 Å². The molecular weight excluding hydrogens is 186 g/mol. The average molecular weight is 195 g/mol. The predicted octanol–water partition coefficient (Wildman–Crippen LogP) is 2.32. The molecule has 3 heteroatoms. The van der Waals surface area contributed by atoms with E-state index in [1.165, 1.54) is 0 Å². The molecule has 0 unspecified atom stereocenters. The number of rotatable bonds is 0. The molecule has 0 fully saturated rings. The minimum Gasteiger partial charge on any atom is -0.300 e. The highest BCUT2D eigenvalue weighted by Crippen LogP contribution is 2.27. The zero-order valence-corrected chi connectivity index (χ0v) is 8.04. The van der Waals surface area contributed by atoms with E-state index in [0.29, 0.717) is 0 Å². The van der Waals surface area contributed by atoms with Gasteiger partial charge in [0.15, 0.2) is 5.82 Å². The Morgan fingerprint density at radius 2 is 2.07 bits per heavy atom. The summed E-state index contributed by atoms with van der Waals surface area (Å²) in [4.78, 5) is 10.5. The lowest BCUT2D eigenvalue weighted by Crippen LogP contribution is -2.16. The Bertz CT molecular complexity index is 509. The van der Waals surface area contributed by atoms with Crippen LogP contribution >= 0.6 is 0 Å². The summed E-state index contributed by atoms with van der Waals surface area (Å²) in [6, 6.07) is 8.13. The van der Waals surface area contributed by atoms with E-state index < -0.39 is 0 Å². The first kappa shape index (κ1) is 8.17. The zero-order valence-electron chi connectivity index (χ0n) is 8.04. The van der Waals surface area contributed by atoms with Crippen molar-refractivity contribution >= 4 is 18.1 Å². The van der Waals surface area contributed by atoms with Crippen LogP contribution in [0.3, 0.4) is 0 Å². The van der Waals surface area contributed by atoms with Gasteiger partial charge in [-0.3, -0.25) is 9.89 Å². The van der Waals surface area contributed by atoms with E-state index in [4.69, 9.17) is 0 Å². The summed E-state index contributed by atoms with van der Waals surface area (Å²) in [5.41, 5.74) is 2.21. The van der Waals surface area contributed by atoms with Gasteiger partial charge in [-0.2, -0.15) is 0 Å². The molecule has 3 rings (SSSR count). The van der Waals surface area contributed by atoms with Crippen molar-refractivity contribution in [3.8, 4) is 0 Å². The van der Waals surface area contributed by atoms with Gasteiger partial charge in [0.05, 0.1) is 11.9 Å². The van der Waals surface area contributed by atoms with E-state index in [2.05, 4.69) is 16.1 Å². The summed E-state index contributed by atoms with van der Waals surface area (Å²) in [6.45, 7) is 0. The van der Waals surface area contributed by atoms with Crippen molar-refractivity contribution in [1.29, 1.82) is 0 Å². The molecule has 1 aromatic rings. The van der Waals surface area contributed by atoms with Crippen LogP contribution in [0.25, 0.3) is 0 Å². The standard InChI is InChI=1S/C12H9N3/c1-2-5-11-10(4-1)8-13-9-12-14-6-3-7-15(11)12/h1-9H. The Morgan fingerprint density at radius 3 is 3.07 bits per heavy atom. The van der Waals surface area contributed by atoms with Crippen molar-refractivity contribution in [3.63, 3.8) is 0 Å². The van der Waals surface area contributed by atoms with Gasteiger partial charge in [0.2, 0.25) is 0 Å². The third-order valence-corrected chi connectivity index (χ3v) is 2.37. The van der Waals surface area contributed by atoms with Gasteiger partial charge in [-0.25, -0.2) is 4.99 Å². The highest BCUT2D eigenvalue weighted by atomic mass is 15.2. The third-order valence-electron chi connectivity index (χ3n) is 2.37. The molecular formula is C12H9N3. The van der Waals surface area contributed by atoms with Crippen LogP contribution in [-0.4, -0.2) is 12.4 Å². The summed E-state index contributed by atoms with van der Waals surface area (Å²) in [6.07, 6.45) is 9.29. The highest BCUT2D eigenvalue weighted by Gasteiger charge is 2.14. The molecule has 0 aromatic heterocycles. The number of nitrogens with zero attached hydrogens (tertiary/aromatic N) is 3. The number of anilines is 1. The molecule has 0 radical (unpaired) electrons. The van der Waals surface area contributed by atoms with Crippen LogP contribution in [0.1, 0.15) is 5.56 Å². The predicted molar refractivity (Wildman–Crippen MR) is 62.2 cm³/mol. The van der Waals surface area contributed by atoms with E-state index in [1.807, 2.05) is 41.6 Å². The van der Waals surface area contributed by atoms with Gasteiger partial charge >= 0.3 is 0 Å². The Balaban J connectivity index is 2.20. The molecule has 0 saturated heterocycles. The van der Waals surface area contributed by atoms with Crippen molar-refractivity contribution in [3.05, 3.63) is 54.1 Å². The molecule has 1 aromatic carbocycles. The number of hydrogen-bond donors (Lipinski definition) is 0. The molecule has 0 atom stereocenters. The summed E-state index contributed by atoms with van der Waals surface area (Å²) in [5.74, 6) is 0.846. The largest absolute Gasteiger partial charge is 0.300 e. The van der Waals surface area contributed by atoms with Gasteiger partial charge in [0.1, 0.15) is 0 Å². The fourth-order valence-electron chi connectivity index (χ4n) is 1.68. The van der Waals surface area contributed by atoms with Crippen molar-refractivity contribution in [1.82, 2.24) is 0 Å². The van der Waals surface area contributed by atoms with E-state index in [-0.39, 0.29) is 0 Å². The van der Waals surface area contributed by atoms with E-state index in [9.17, 15) is 0 Å². The maximum atomic E-state index is 4.27. The lowest BCUT2D eigenvalue weighted by atomic mass is 10.2. The number of hydrogen-bond acceptors (Lipinski definition) is 3. The van der Waals surface area contributed by atoms with Crippen LogP contribution in [0.15, 0.2) is 58.5 Å². The second-order valence-corrected chi connectivity index (χ2v) is 3.31. The maximum absolute atomic E-state index is 4.27. The monoisotopic (exact) mass is 195 g/mol. The SMILES string of the molecule is C1=CN2C(=CN=Cc3ccccc32)N=C1. The minimum absolute atomic E-state index is 0.846. The molecule has 0 N–H and O–H groups in total. The fourth-order valence-corrected chi connectivity index (χ4v) is 1.68. The third kappa shape index (κ3) is 1.29. The molecule has 0 amide bonds. The number of allylic oxidation sites excluding steroid dienone is 1. The fraction of sp³-hybridized carbons (Fsp3) is 0. The van der Waals surface area contributed by atoms with Gasteiger partial charge in [-0.05, 0) is 12.1 Å². The second kappa shape index (κ2) is 3.20. The molecule has 3 nitrogen and oxygen atoms in total. The van der Waals surface area contributed by atoms with Crippen LogP contribution in [0.4, 0.5) is 5.69 Å². The average Bonchev–Trinajstić information content (AvgIpc) is 2.48. The van der Waals surface area contributed by atoms with Gasteiger partial charge in [0.25, 0.3) is 0 Å². The summed E-state index contributed by atoms with van der Waals surface area (Å²) >= 11 is 0. The van der Waals surface area contributed by atoms with Crippen molar-refractivity contribution < 1.29 is 0 Å². The Kier molecular flexibility index (Phi) is 1.75. The lowest BCUT2D eigenvalue weighted by Gasteiger charge is -2.22. The first-order chi connectivity index (χ1) is 7.45. The molecule has 15 heavy (non-hydrogen) atoms. The van der Waals surface area contributed by atoms with Crippen LogP contribution in [0, 0.1) is 0 Å². The lowest BCUT2D eigenvalue weighted by molar-refractivity contribution is 1.10. The molecule has 0 saturated carbocycles. The van der Waals surface area contributed by atoms with Gasteiger partial charge in [-0.15, -0.1) is 0 Å². The Labute approximate surface area is 87.8 Å². The normalized spacial score (nSPS) is 16.8. The molecule has 0 aliphatic carbocycles. The van der Waals surface area contributed by atoms with Crippen LogP contribution < -0.4 is 4.90 Å². The summed E-state index contributed by atoms with van der Waals surface area (Å²) in [5, 5.41) is 0.